The predicted octanol–water partition coefficient (Wildman–Crippen LogP) is 2.75. The topological polar surface area (TPSA) is 136 Å². The van der Waals surface area contributed by atoms with Crippen LogP contribution in [0.4, 0.5) is 10.5 Å². The van der Waals surface area contributed by atoms with E-state index in [0.717, 1.165) is 42.0 Å². The largest absolute Gasteiger partial charge is 0.481 e. The van der Waals surface area contributed by atoms with Gasteiger partial charge < -0.3 is 15.7 Å². The highest BCUT2D eigenvalue weighted by atomic mass is 32.2. The third-order valence-corrected chi connectivity index (χ3v) is 8.68. The highest BCUT2D eigenvalue weighted by Crippen LogP contribution is 2.29. The number of nitrogens with zero attached hydrogens (tertiary/aromatic N) is 2. The first-order valence-electron chi connectivity index (χ1n) is 12.3. The first-order valence-corrected chi connectivity index (χ1v) is 13.9. The maximum atomic E-state index is 13.5. The van der Waals surface area contributed by atoms with Crippen LogP contribution >= 0.6 is 0 Å². The Labute approximate surface area is 207 Å². The van der Waals surface area contributed by atoms with Gasteiger partial charge in [-0.2, -0.15) is 4.31 Å². The van der Waals surface area contributed by atoms with E-state index in [9.17, 15) is 27.9 Å². The molecule has 194 valence electrons. The first kappa shape index (κ1) is 26.9. The first-order chi connectivity index (χ1) is 16.6. The minimum atomic E-state index is -3.80. The van der Waals surface area contributed by atoms with Crippen LogP contribution in [0.2, 0.25) is 0 Å². The van der Waals surface area contributed by atoms with Gasteiger partial charge in [-0.25, -0.2) is 13.2 Å². The Morgan fingerprint density at radius 2 is 1.86 bits per heavy atom. The van der Waals surface area contributed by atoms with Crippen molar-refractivity contribution in [1.29, 1.82) is 0 Å². The summed E-state index contributed by atoms with van der Waals surface area (Å²) in [5.41, 5.74) is 1.48. The van der Waals surface area contributed by atoms with Crippen molar-refractivity contribution in [2.75, 3.05) is 24.2 Å². The molecule has 1 heterocycles. The van der Waals surface area contributed by atoms with Crippen molar-refractivity contribution in [3.63, 3.8) is 0 Å². The molecule has 3 rings (SSSR count). The third kappa shape index (κ3) is 6.94. The van der Waals surface area contributed by atoms with Gasteiger partial charge in [-0.05, 0) is 49.8 Å². The summed E-state index contributed by atoms with van der Waals surface area (Å²) in [4.78, 5) is 39.4. The van der Waals surface area contributed by atoms with Gasteiger partial charge in [-0.15, -0.1) is 0 Å². The van der Waals surface area contributed by atoms with E-state index in [2.05, 4.69) is 10.6 Å². The number of nitrogens with one attached hydrogen (secondary N) is 2. The van der Waals surface area contributed by atoms with E-state index in [0.29, 0.717) is 12.1 Å². The molecule has 0 aromatic heterocycles. The lowest BCUT2D eigenvalue weighted by molar-refractivity contribution is -0.138. The highest BCUT2D eigenvalue weighted by Gasteiger charge is 2.46. The number of aryl methyl sites for hydroxylation is 1. The van der Waals surface area contributed by atoms with Crippen molar-refractivity contribution in [3.05, 3.63) is 29.8 Å². The number of amides is 3. The molecule has 0 spiro atoms. The number of benzene rings is 1. The van der Waals surface area contributed by atoms with Gasteiger partial charge in [0.05, 0.1) is 12.2 Å². The molecule has 1 aliphatic carbocycles. The number of carboxylic acids is 1. The average Bonchev–Trinajstić information content (AvgIpc) is 3.26. The molecule has 3 N–H and O–H groups in total. The summed E-state index contributed by atoms with van der Waals surface area (Å²) in [5.74, 6) is -1.85. The van der Waals surface area contributed by atoms with Gasteiger partial charge in [0.2, 0.25) is 10.0 Å². The molecule has 2 aliphatic rings. The molecule has 1 aromatic rings. The third-order valence-electron chi connectivity index (χ3n) is 6.65. The van der Waals surface area contributed by atoms with E-state index in [-0.39, 0.29) is 31.2 Å². The summed E-state index contributed by atoms with van der Waals surface area (Å²) in [6.07, 6.45) is 3.34. The van der Waals surface area contributed by atoms with Crippen LogP contribution in [0.3, 0.4) is 0 Å². The van der Waals surface area contributed by atoms with Crippen LogP contribution in [-0.2, 0) is 19.6 Å². The van der Waals surface area contributed by atoms with Crippen molar-refractivity contribution in [2.24, 2.45) is 5.92 Å². The lowest BCUT2D eigenvalue weighted by atomic mass is 9.82. The molecule has 1 saturated carbocycles. The number of aliphatic carboxylic acids is 1. The molecule has 0 bridgehead atoms. The maximum Gasteiger partial charge on any atom is 0.323 e. The molecule has 1 saturated heterocycles. The summed E-state index contributed by atoms with van der Waals surface area (Å²) in [6, 6.07) is 5.96. The van der Waals surface area contributed by atoms with Crippen LogP contribution in [0.1, 0.15) is 57.4 Å². The number of carbonyl (C=O) groups excluding carboxylic acids is 2. The second-order valence-corrected chi connectivity index (χ2v) is 11.4. The fourth-order valence-corrected chi connectivity index (χ4v) is 6.62. The number of sulfonamides is 1. The fourth-order valence-electron chi connectivity index (χ4n) is 4.99. The Kier molecular flexibility index (Phi) is 9.12. The molecule has 35 heavy (non-hydrogen) atoms. The second-order valence-electron chi connectivity index (χ2n) is 9.40. The molecule has 0 radical (unpaired) electrons. The second kappa shape index (κ2) is 11.9. The Morgan fingerprint density at radius 3 is 2.49 bits per heavy atom. The fraction of sp³-hybridized carbons (Fsp3) is 0.625. The minimum absolute atomic E-state index is 0.000438. The van der Waals surface area contributed by atoms with Crippen molar-refractivity contribution < 1.29 is 27.9 Å². The van der Waals surface area contributed by atoms with Crippen LogP contribution in [-0.4, -0.2) is 71.7 Å². The number of hydrogen-bond donors (Lipinski definition) is 3. The maximum absolute atomic E-state index is 13.5. The monoisotopic (exact) mass is 508 g/mol. The lowest BCUT2D eigenvalue weighted by Gasteiger charge is -2.34. The number of rotatable bonds is 9. The summed E-state index contributed by atoms with van der Waals surface area (Å²) in [7, 11) is -3.80. The van der Waals surface area contributed by atoms with Crippen LogP contribution < -0.4 is 10.6 Å². The zero-order valence-corrected chi connectivity index (χ0v) is 21.2. The number of urea groups is 1. The van der Waals surface area contributed by atoms with Crippen LogP contribution in [0.15, 0.2) is 24.3 Å². The number of anilines is 1. The number of carbonyl (C=O) groups is 3. The smallest absolute Gasteiger partial charge is 0.323 e. The number of carboxylic acid groups (broad SMARTS) is 1. The van der Waals surface area contributed by atoms with Gasteiger partial charge in [0.15, 0.2) is 6.17 Å². The van der Waals surface area contributed by atoms with E-state index >= 15 is 0 Å². The van der Waals surface area contributed by atoms with Gasteiger partial charge in [-0.1, -0.05) is 38.3 Å². The predicted molar refractivity (Wildman–Crippen MR) is 132 cm³/mol. The van der Waals surface area contributed by atoms with Crippen molar-refractivity contribution in [3.8, 4) is 0 Å². The zero-order valence-electron chi connectivity index (χ0n) is 20.4. The Bertz CT molecular complexity index is 1020. The molecular formula is C24H36N4O6S. The van der Waals surface area contributed by atoms with Crippen molar-refractivity contribution in [1.82, 2.24) is 14.5 Å². The van der Waals surface area contributed by atoms with Gasteiger partial charge in [0, 0.05) is 24.8 Å². The lowest BCUT2D eigenvalue weighted by Crippen LogP contribution is -2.57. The summed E-state index contributed by atoms with van der Waals surface area (Å²) in [6.45, 7) is 3.66. The van der Waals surface area contributed by atoms with E-state index in [1.165, 1.54) is 4.90 Å². The molecule has 1 aromatic carbocycles. The molecule has 1 aliphatic heterocycles. The summed E-state index contributed by atoms with van der Waals surface area (Å²) < 4.78 is 27.0. The zero-order chi connectivity index (χ0) is 25.6. The molecule has 2 fully saturated rings. The summed E-state index contributed by atoms with van der Waals surface area (Å²) in [5, 5.41) is 15.0. The average molecular weight is 509 g/mol. The normalized spacial score (nSPS) is 20.4. The van der Waals surface area contributed by atoms with Gasteiger partial charge in [0.25, 0.3) is 5.91 Å². The SMILES string of the molecule is CCCS(=O)(=O)N1CCN(C(=O)Nc2cccc(C)c2)C1C(=O)NC(CC(=O)O)C1CCCCC1. The molecule has 10 nitrogen and oxygen atoms in total. The Balaban J connectivity index is 1.86. The Hall–Kier alpha value is -2.66. The quantitative estimate of drug-likeness (QED) is 0.469. The van der Waals surface area contributed by atoms with Gasteiger partial charge >= 0.3 is 12.0 Å². The van der Waals surface area contributed by atoms with E-state index in [4.69, 9.17) is 0 Å². The number of hydrogen-bond acceptors (Lipinski definition) is 5. The molecular weight excluding hydrogens is 472 g/mol. The van der Waals surface area contributed by atoms with Gasteiger partial charge in [-0.3, -0.25) is 14.5 Å². The van der Waals surface area contributed by atoms with Crippen molar-refractivity contribution >= 4 is 33.6 Å². The molecule has 3 amide bonds. The van der Waals surface area contributed by atoms with Crippen LogP contribution in [0.5, 0.6) is 0 Å². The molecule has 2 atom stereocenters. The van der Waals surface area contributed by atoms with Crippen LogP contribution in [0.25, 0.3) is 0 Å². The van der Waals surface area contributed by atoms with Crippen molar-refractivity contribution in [2.45, 2.75) is 71.0 Å². The standard InChI is InChI=1S/C24H36N4O6S/c1-3-14-35(33,34)28-13-12-27(24(32)25-19-11-7-8-17(2)15-19)23(28)22(31)26-20(16-21(29)30)18-9-5-4-6-10-18/h7-8,11,15,18,20,23H,3-6,9-10,12-14,16H2,1-2H3,(H,25,32)(H,26,31)(H,29,30). The van der Waals surface area contributed by atoms with Crippen LogP contribution in [0, 0.1) is 12.8 Å². The molecule has 2 unspecified atom stereocenters. The summed E-state index contributed by atoms with van der Waals surface area (Å²) >= 11 is 0. The van der Waals surface area contributed by atoms with E-state index < -0.39 is 40.1 Å². The minimum Gasteiger partial charge on any atom is -0.481 e. The van der Waals surface area contributed by atoms with Gasteiger partial charge in [0.1, 0.15) is 0 Å². The van der Waals surface area contributed by atoms with E-state index in [1.807, 2.05) is 13.0 Å². The highest BCUT2D eigenvalue weighted by molar-refractivity contribution is 7.89. The van der Waals surface area contributed by atoms with E-state index in [1.54, 1.807) is 25.1 Å². The molecule has 11 heteroatoms. The Morgan fingerprint density at radius 1 is 1.14 bits per heavy atom.